The molecule has 0 amide bonds. The van der Waals surface area contributed by atoms with Gasteiger partial charge in [0.25, 0.3) is 0 Å². The van der Waals surface area contributed by atoms with E-state index in [-0.39, 0.29) is 17.7 Å². The van der Waals surface area contributed by atoms with Crippen LogP contribution in [0.4, 0.5) is 13.2 Å². The Morgan fingerprint density at radius 2 is 1.47 bits per heavy atom. The molecule has 2 aromatic carbocycles. The van der Waals surface area contributed by atoms with Gasteiger partial charge in [-0.05, 0) is 56.0 Å². The second-order valence-electron chi connectivity index (χ2n) is 7.10. The lowest BCUT2D eigenvalue weighted by Gasteiger charge is -2.26. The number of sulfonamides is 1. The second kappa shape index (κ2) is 8.29. The number of aliphatic hydroxyl groups excluding tert-OH is 1. The molecule has 0 bridgehead atoms. The third-order valence-electron chi connectivity index (χ3n) is 4.93. The zero-order valence-electron chi connectivity index (χ0n) is 15.6. The first-order valence-electron chi connectivity index (χ1n) is 9.13. The minimum Gasteiger partial charge on any atom is -0.393 e. The molecule has 2 aromatic rings. The minimum atomic E-state index is -5.00. The van der Waals surface area contributed by atoms with Crippen LogP contribution in [-0.2, 0) is 26.0 Å². The average Bonchev–Trinajstić information content (AvgIpc) is 2.69. The normalized spacial score (nSPS) is 20.8. The number of alkyl halides is 3. The van der Waals surface area contributed by atoms with Crippen LogP contribution in [0, 0.1) is 0 Å². The Hall–Kier alpha value is -1.95. The standard InChI is InChI=1S/C19H20F3NO5S2/c20-19(21,22)17-11-10-16(29(25,26)15-4-2-1-3-5-15)12-18(17)30(27,28)23-13-6-8-14(24)9-7-13/h1-5,10-14,23-24H,6-9H2/t13-,14-. The van der Waals surface area contributed by atoms with Crippen molar-refractivity contribution in [2.24, 2.45) is 0 Å². The number of benzene rings is 2. The molecule has 2 N–H and O–H groups in total. The SMILES string of the molecule is O=S(=O)(N[C@H]1CC[C@H](O)CC1)c1cc(S(=O)(=O)c2ccccc2)ccc1C(F)(F)F. The molecule has 11 heteroatoms. The van der Waals surface area contributed by atoms with E-state index in [4.69, 9.17) is 0 Å². The summed E-state index contributed by atoms with van der Waals surface area (Å²) in [4.78, 5) is -1.86. The molecule has 1 aliphatic carbocycles. The predicted octanol–water partition coefficient (Wildman–Crippen LogP) is 3.12. The number of hydrogen-bond acceptors (Lipinski definition) is 5. The summed E-state index contributed by atoms with van der Waals surface area (Å²) < 4.78 is 93.8. The van der Waals surface area contributed by atoms with Gasteiger partial charge in [0.05, 0.1) is 26.4 Å². The molecular formula is C19H20F3NO5S2. The van der Waals surface area contributed by atoms with Gasteiger partial charge >= 0.3 is 6.18 Å². The first-order chi connectivity index (χ1) is 13.9. The van der Waals surface area contributed by atoms with Gasteiger partial charge in [-0.25, -0.2) is 21.6 Å². The number of halogens is 3. The molecule has 0 spiro atoms. The topological polar surface area (TPSA) is 101 Å². The highest BCUT2D eigenvalue weighted by Gasteiger charge is 2.39. The number of sulfone groups is 1. The molecule has 1 aliphatic rings. The van der Waals surface area contributed by atoms with Gasteiger partial charge < -0.3 is 5.11 Å². The Labute approximate surface area is 172 Å². The van der Waals surface area contributed by atoms with E-state index in [1.807, 2.05) is 0 Å². The summed E-state index contributed by atoms with van der Waals surface area (Å²) in [5.74, 6) is 0. The fraction of sp³-hybridized carbons (Fsp3) is 0.368. The molecule has 0 aromatic heterocycles. The lowest BCUT2D eigenvalue weighted by atomic mass is 9.94. The van der Waals surface area contributed by atoms with Crippen LogP contribution in [0.3, 0.4) is 0 Å². The van der Waals surface area contributed by atoms with E-state index in [1.54, 1.807) is 6.07 Å². The van der Waals surface area contributed by atoms with E-state index in [0.717, 1.165) is 6.07 Å². The molecule has 164 valence electrons. The molecule has 1 saturated carbocycles. The van der Waals surface area contributed by atoms with E-state index >= 15 is 0 Å². The summed E-state index contributed by atoms with van der Waals surface area (Å²) in [5, 5.41) is 9.53. The Bertz CT molecular complexity index is 1110. The predicted molar refractivity (Wildman–Crippen MR) is 102 cm³/mol. The summed E-state index contributed by atoms with van der Waals surface area (Å²) in [6.45, 7) is 0. The Morgan fingerprint density at radius 1 is 0.867 bits per heavy atom. The van der Waals surface area contributed by atoms with E-state index in [0.29, 0.717) is 25.0 Å². The van der Waals surface area contributed by atoms with E-state index in [1.165, 1.54) is 24.3 Å². The number of aliphatic hydroxyl groups is 1. The van der Waals surface area contributed by atoms with Gasteiger partial charge in [0, 0.05) is 6.04 Å². The maximum absolute atomic E-state index is 13.5. The highest BCUT2D eigenvalue weighted by molar-refractivity contribution is 7.91. The van der Waals surface area contributed by atoms with Crippen molar-refractivity contribution in [3.8, 4) is 0 Å². The maximum atomic E-state index is 13.5. The van der Waals surface area contributed by atoms with Crippen molar-refractivity contribution in [3.63, 3.8) is 0 Å². The molecule has 0 heterocycles. The summed E-state index contributed by atoms with van der Waals surface area (Å²) in [6, 6.07) is 8.14. The van der Waals surface area contributed by atoms with E-state index < -0.39 is 53.5 Å². The van der Waals surface area contributed by atoms with Gasteiger partial charge in [0.15, 0.2) is 0 Å². The summed E-state index contributed by atoms with van der Waals surface area (Å²) in [5.41, 5.74) is -1.45. The van der Waals surface area contributed by atoms with Gasteiger partial charge in [-0.3, -0.25) is 0 Å². The largest absolute Gasteiger partial charge is 0.417 e. The molecule has 6 nitrogen and oxygen atoms in total. The summed E-state index contributed by atoms with van der Waals surface area (Å²) in [6.07, 6.45) is -4.39. The van der Waals surface area contributed by atoms with E-state index in [9.17, 15) is 35.1 Å². The molecule has 0 saturated heterocycles. The van der Waals surface area contributed by atoms with Crippen molar-refractivity contribution >= 4 is 19.9 Å². The molecule has 1 fully saturated rings. The average molecular weight is 463 g/mol. The van der Waals surface area contributed by atoms with Crippen LogP contribution in [0.2, 0.25) is 0 Å². The molecule has 0 radical (unpaired) electrons. The van der Waals surface area contributed by atoms with Crippen molar-refractivity contribution in [2.75, 3.05) is 0 Å². The van der Waals surface area contributed by atoms with Crippen LogP contribution < -0.4 is 4.72 Å². The van der Waals surface area contributed by atoms with Crippen LogP contribution in [0.15, 0.2) is 63.2 Å². The van der Waals surface area contributed by atoms with Gasteiger partial charge in [-0.2, -0.15) is 13.2 Å². The Balaban J connectivity index is 2.06. The first kappa shape index (κ1) is 22.7. The zero-order valence-corrected chi connectivity index (χ0v) is 17.3. The van der Waals surface area contributed by atoms with Crippen LogP contribution in [0.25, 0.3) is 0 Å². The third kappa shape index (κ3) is 4.85. The molecule has 0 aliphatic heterocycles. The smallest absolute Gasteiger partial charge is 0.393 e. The Morgan fingerprint density at radius 3 is 2.03 bits per heavy atom. The highest BCUT2D eigenvalue weighted by atomic mass is 32.2. The van der Waals surface area contributed by atoms with Gasteiger partial charge in [0.2, 0.25) is 19.9 Å². The molecule has 0 unspecified atom stereocenters. The highest BCUT2D eigenvalue weighted by Crippen LogP contribution is 2.36. The number of rotatable bonds is 5. The van der Waals surface area contributed by atoms with Crippen LogP contribution in [0.5, 0.6) is 0 Å². The van der Waals surface area contributed by atoms with Crippen LogP contribution in [-0.4, -0.2) is 34.1 Å². The van der Waals surface area contributed by atoms with Crippen molar-refractivity contribution in [1.29, 1.82) is 0 Å². The monoisotopic (exact) mass is 463 g/mol. The first-order valence-corrected chi connectivity index (χ1v) is 12.1. The van der Waals surface area contributed by atoms with Crippen molar-refractivity contribution < 1.29 is 35.1 Å². The summed E-state index contributed by atoms with van der Waals surface area (Å²) >= 11 is 0. The van der Waals surface area contributed by atoms with Gasteiger partial charge in [0.1, 0.15) is 0 Å². The fourth-order valence-electron chi connectivity index (χ4n) is 3.34. The molecular weight excluding hydrogens is 443 g/mol. The molecule has 0 atom stereocenters. The second-order valence-corrected chi connectivity index (χ2v) is 10.7. The van der Waals surface area contributed by atoms with Crippen LogP contribution >= 0.6 is 0 Å². The van der Waals surface area contributed by atoms with Crippen molar-refractivity contribution in [2.45, 2.75) is 58.7 Å². The zero-order chi connectivity index (χ0) is 22.2. The lowest BCUT2D eigenvalue weighted by molar-refractivity contribution is -0.139. The third-order valence-corrected chi connectivity index (χ3v) is 8.26. The van der Waals surface area contributed by atoms with Crippen LogP contribution in [0.1, 0.15) is 31.2 Å². The molecule has 3 rings (SSSR count). The molecule has 30 heavy (non-hydrogen) atoms. The van der Waals surface area contributed by atoms with Crippen molar-refractivity contribution in [1.82, 2.24) is 4.72 Å². The number of nitrogens with one attached hydrogen (secondary N) is 1. The lowest BCUT2D eigenvalue weighted by Crippen LogP contribution is -2.39. The van der Waals surface area contributed by atoms with Crippen molar-refractivity contribution in [3.05, 3.63) is 54.1 Å². The quantitative estimate of drug-likeness (QED) is 0.710. The fourth-order valence-corrected chi connectivity index (χ4v) is 6.28. The maximum Gasteiger partial charge on any atom is 0.417 e. The minimum absolute atomic E-state index is 0.165. The Kier molecular flexibility index (Phi) is 6.28. The number of hydrogen-bond donors (Lipinski definition) is 2. The van der Waals surface area contributed by atoms with Gasteiger partial charge in [-0.15, -0.1) is 0 Å². The summed E-state index contributed by atoms with van der Waals surface area (Å²) in [7, 11) is -8.89. The van der Waals surface area contributed by atoms with Gasteiger partial charge in [-0.1, -0.05) is 18.2 Å². The van der Waals surface area contributed by atoms with E-state index in [2.05, 4.69) is 4.72 Å².